The third-order valence-corrected chi connectivity index (χ3v) is 3.24. The van der Waals surface area contributed by atoms with Crippen LogP contribution in [0.2, 0.25) is 0 Å². The average Bonchev–Trinajstić information content (AvgIpc) is 2.94. The molecule has 0 spiro atoms. The smallest absolute Gasteiger partial charge is 0.314 e. The van der Waals surface area contributed by atoms with E-state index in [1.54, 1.807) is 19.9 Å². The summed E-state index contributed by atoms with van der Waals surface area (Å²) in [6.07, 6.45) is 0. The summed E-state index contributed by atoms with van der Waals surface area (Å²) in [5, 5.41) is 10.3. The summed E-state index contributed by atoms with van der Waals surface area (Å²) in [4.78, 5) is 39.7. The summed E-state index contributed by atoms with van der Waals surface area (Å²) in [5.74, 6) is 0.338. The zero-order valence-electron chi connectivity index (χ0n) is 12.3. The molecule has 0 aliphatic carbocycles. The van der Waals surface area contributed by atoms with Crippen molar-refractivity contribution in [3.8, 4) is 0 Å². The average molecular weight is 315 g/mol. The molecule has 23 heavy (non-hydrogen) atoms. The molecule has 3 rings (SSSR count). The van der Waals surface area contributed by atoms with Gasteiger partial charge in [0.25, 0.3) is 5.91 Å². The highest BCUT2D eigenvalue weighted by atomic mass is 16.4. The van der Waals surface area contributed by atoms with Crippen LogP contribution in [0, 0.1) is 6.92 Å². The van der Waals surface area contributed by atoms with Crippen molar-refractivity contribution in [3.05, 3.63) is 56.3 Å². The van der Waals surface area contributed by atoms with Crippen LogP contribution in [-0.2, 0) is 0 Å². The fourth-order valence-electron chi connectivity index (χ4n) is 2.08. The minimum atomic E-state index is -0.773. The van der Waals surface area contributed by atoms with Gasteiger partial charge in [-0.3, -0.25) is 14.4 Å². The van der Waals surface area contributed by atoms with Crippen LogP contribution in [0.5, 0.6) is 0 Å². The number of hydrogen-bond acceptors (Lipinski definition) is 6. The molecule has 3 N–H and O–H groups in total. The van der Waals surface area contributed by atoms with Crippen molar-refractivity contribution >= 4 is 16.9 Å². The molecule has 2 aromatic heterocycles. The minimum Gasteiger partial charge on any atom is -0.423 e. The van der Waals surface area contributed by atoms with E-state index in [0.29, 0.717) is 28.4 Å². The molecule has 3 aromatic rings. The van der Waals surface area contributed by atoms with Gasteiger partial charge in [-0.15, -0.1) is 10.2 Å². The maximum Gasteiger partial charge on any atom is 0.314 e. The molecule has 0 unspecified atom stereocenters. The van der Waals surface area contributed by atoms with Crippen LogP contribution in [-0.4, -0.2) is 26.1 Å². The number of benzene rings is 1. The lowest BCUT2D eigenvalue weighted by Crippen LogP contribution is -2.29. The Morgan fingerprint density at radius 2 is 1.87 bits per heavy atom. The van der Waals surface area contributed by atoms with E-state index in [-0.39, 0.29) is 5.91 Å². The Bertz CT molecular complexity index is 1000. The van der Waals surface area contributed by atoms with E-state index in [4.69, 9.17) is 4.42 Å². The molecule has 1 amide bonds. The molecule has 0 saturated heterocycles. The Balaban J connectivity index is 1.87. The Morgan fingerprint density at radius 1 is 1.17 bits per heavy atom. The van der Waals surface area contributed by atoms with Gasteiger partial charge in [-0.25, -0.2) is 0 Å². The van der Waals surface area contributed by atoms with Crippen molar-refractivity contribution in [3.63, 3.8) is 0 Å². The molecule has 0 saturated carbocycles. The first-order chi connectivity index (χ1) is 10.9. The van der Waals surface area contributed by atoms with E-state index in [0.717, 1.165) is 0 Å². The lowest BCUT2D eigenvalue weighted by Gasteiger charge is -2.10. The topological polar surface area (TPSA) is 134 Å². The van der Waals surface area contributed by atoms with Crippen LogP contribution >= 0.6 is 0 Å². The zero-order chi connectivity index (χ0) is 16.6. The molecule has 0 aliphatic heterocycles. The molecule has 0 aliphatic rings. The summed E-state index contributed by atoms with van der Waals surface area (Å²) in [5.41, 5.74) is -0.390. The number of nitrogens with one attached hydrogen (secondary N) is 3. The third-order valence-electron chi connectivity index (χ3n) is 3.24. The number of fused-ring (bicyclic) bond motifs is 1. The maximum absolute atomic E-state index is 12.3. The van der Waals surface area contributed by atoms with E-state index >= 15 is 0 Å². The fraction of sp³-hybridized carbons (Fsp3) is 0.214. The lowest BCUT2D eigenvalue weighted by atomic mass is 10.1. The number of H-pyrrole nitrogens is 2. The van der Waals surface area contributed by atoms with E-state index in [1.807, 2.05) is 0 Å². The minimum absolute atomic E-state index is 0.300. The second-order valence-electron chi connectivity index (χ2n) is 5.02. The molecule has 118 valence electrons. The van der Waals surface area contributed by atoms with E-state index in [9.17, 15) is 14.4 Å². The van der Waals surface area contributed by atoms with Gasteiger partial charge in [0.2, 0.25) is 11.8 Å². The summed E-state index contributed by atoms with van der Waals surface area (Å²) >= 11 is 0. The third kappa shape index (κ3) is 2.89. The maximum atomic E-state index is 12.3. The van der Waals surface area contributed by atoms with Crippen LogP contribution in [0.15, 0.2) is 32.2 Å². The van der Waals surface area contributed by atoms with Crippen LogP contribution in [0.4, 0.5) is 0 Å². The van der Waals surface area contributed by atoms with Gasteiger partial charge in [0, 0.05) is 12.5 Å². The highest BCUT2D eigenvalue weighted by Crippen LogP contribution is 2.13. The van der Waals surface area contributed by atoms with Gasteiger partial charge >= 0.3 is 11.1 Å². The Morgan fingerprint density at radius 3 is 2.52 bits per heavy atom. The summed E-state index contributed by atoms with van der Waals surface area (Å²) in [6, 6.07) is 4.10. The van der Waals surface area contributed by atoms with Gasteiger partial charge in [0.15, 0.2) is 0 Å². The van der Waals surface area contributed by atoms with Crippen molar-refractivity contribution in [2.75, 3.05) is 0 Å². The highest BCUT2D eigenvalue weighted by molar-refractivity contribution is 5.97. The molecule has 0 bridgehead atoms. The predicted octanol–water partition coefficient (Wildman–Crippen LogP) is 0.399. The summed E-state index contributed by atoms with van der Waals surface area (Å²) in [6.45, 7) is 3.37. The van der Waals surface area contributed by atoms with Gasteiger partial charge in [-0.05, 0) is 25.1 Å². The number of carbonyl (C=O) groups is 1. The van der Waals surface area contributed by atoms with E-state index < -0.39 is 17.2 Å². The van der Waals surface area contributed by atoms with Crippen LogP contribution in [0.1, 0.15) is 35.1 Å². The standard InChI is InChI=1S/C14H13N5O4/c1-6(14-19-18-7(2)23-14)15-11(20)8-3-4-9-10(5-8)17-13(22)12(21)16-9/h3-6H,1-2H3,(H,15,20)(H,16,21)(H,17,22)/t6-/m1/s1. The first kappa shape index (κ1) is 14.7. The van der Waals surface area contributed by atoms with Gasteiger partial charge in [0.1, 0.15) is 6.04 Å². The quantitative estimate of drug-likeness (QED) is 0.599. The molecule has 0 radical (unpaired) electrons. The van der Waals surface area contributed by atoms with Crippen LogP contribution < -0.4 is 16.4 Å². The van der Waals surface area contributed by atoms with Crippen molar-refractivity contribution in [1.29, 1.82) is 0 Å². The number of amides is 1. The molecule has 1 aromatic carbocycles. The highest BCUT2D eigenvalue weighted by Gasteiger charge is 2.16. The number of aryl methyl sites for hydroxylation is 1. The molecule has 1 atom stereocenters. The second kappa shape index (κ2) is 5.52. The number of carbonyl (C=O) groups excluding carboxylic acids is 1. The molecular formula is C14H13N5O4. The Labute approximate surface area is 128 Å². The first-order valence-electron chi connectivity index (χ1n) is 6.81. The Hall–Kier alpha value is -3.23. The van der Waals surface area contributed by atoms with E-state index in [1.165, 1.54) is 12.1 Å². The SMILES string of the molecule is Cc1nnc([C@@H](C)NC(=O)c2ccc3[nH]c(=O)c(=O)[nH]c3c2)o1. The predicted molar refractivity (Wildman–Crippen MR) is 80.1 cm³/mol. The molecule has 9 heteroatoms. The van der Waals surface area contributed by atoms with Gasteiger partial charge < -0.3 is 19.7 Å². The fourth-order valence-corrected chi connectivity index (χ4v) is 2.08. The van der Waals surface area contributed by atoms with Gasteiger partial charge in [-0.2, -0.15) is 0 Å². The van der Waals surface area contributed by atoms with Gasteiger partial charge in [-0.1, -0.05) is 0 Å². The van der Waals surface area contributed by atoms with Gasteiger partial charge in [0.05, 0.1) is 11.0 Å². The Kier molecular flexibility index (Phi) is 3.53. The molecular weight excluding hydrogens is 302 g/mol. The summed E-state index contributed by atoms with van der Waals surface area (Å²) < 4.78 is 5.26. The number of hydrogen-bond donors (Lipinski definition) is 3. The van der Waals surface area contributed by atoms with Crippen molar-refractivity contribution in [1.82, 2.24) is 25.5 Å². The van der Waals surface area contributed by atoms with Crippen molar-refractivity contribution in [2.45, 2.75) is 19.9 Å². The first-order valence-corrected chi connectivity index (χ1v) is 6.81. The second-order valence-corrected chi connectivity index (χ2v) is 5.02. The number of aromatic nitrogens is 4. The van der Waals surface area contributed by atoms with Crippen molar-refractivity contribution in [2.24, 2.45) is 0 Å². The van der Waals surface area contributed by atoms with E-state index in [2.05, 4.69) is 25.5 Å². The van der Waals surface area contributed by atoms with Crippen LogP contribution in [0.25, 0.3) is 11.0 Å². The summed E-state index contributed by atoms with van der Waals surface area (Å²) in [7, 11) is 0. The van der Waals surface area contributed by atoms with Crippen LogP contribution in [0.3, 0.4) is 0 Å². The molecule has 0 fully saturated rings. The number of nitrogens with zero attached hydrogens (tertiary/aromatic N) is 2. The largest absolute Gasteiger partial charge is 0.423 e. The molecule has 9 nitrogen and oxygen atoms in total. The zero-order valence-corrected chi connectivity index (χ0v) is 12.3. The molecule has 2 heterocycles. The monoisotopic (exact) mass is 315 g/mol. The number of aromatic amines is 2. The lowest BCUT2D eigenvalue weighted by molar-refractivity contribution is 0.0934. The number of rotatable bonds is 3. The van der Waals surface area contributed by atoms with Crippen molar-refractivity contribution < 1.29 is 9.21 Å². The normalized spacial score (nSPS) is 12.3.